The smallest absolute Gasteiger partial charge is 0.244 e. The van der Waals surface area contributed by atoms with Crippen LogP contribution in [0.4, 0.5) is 5.69 Å². The monoisotopic (exact) mass is 302 g/mol. The van der Waals surface area contributed by atoms with E-state index >= 15 is 0 Å². The Morgan fingerprint density at radius 1 is 1.30 bits per heavy atom. The first-order chi connectivity index (χ1) is 9.42. The summed E-state index contributed by atoms with van der Waals surface area (Å²) >= 11 is 0. The van der Waals surface area contributed by atoms with Crippen LogP contribution >= 0.6 is 0 Å². The van der Waals surface area contributed by atoms with E-state index < -0.39 is 10.0 Å². The van der Waals surface area contributed by atoms with Crippen molar-refractivity contribution in [3.05, 3.63) is 17.7 Å². The normalized spacial score (nSPS) is 11.6. The van der Waals surface area contributed by atoms with Gasteiger partial charge in [0, 0.05) is 18.8 Å². The average molecular weight is 302 g/mol. The van der Waals surface area contributed by atoms with E-state index in [2.05, 4.69) is 4.72 Å². The van der Waals surface area contributed by atoms with E-state index in [0.29, 0.717) is 25.1 Å². The highest BCUT2D eigenvalue weighted by molar-refractivity contribution is 7.89. The third-order valence-corrected chi connectivity index (χ3v) is 4.45. The van der Waals surface area contributed by atoms with Crippen molar-refractivity contribution < 1.29 is 18.3 Å². The molecule has 0 fully saturated rings. The minimum Gasteiger partial charge on any atom is -0.495 e. The SMILES string of the molecule is COc1cc(C)c(N)cc1S(=O)(=O)NCCCCCO. The van der Waals surface area contributed by atoms with E-state index in [1.54, 1.807) is 13.0 Å². The van der Waals surface area contributed by atoms with Crippen molar-refractivity contribution in [1.29, 1.82) is 0 Å². The number of sulfonamides is 1. The van der Waals surface area contributed by atoms with Crippen LogP contribution in [-0.4, -0.2) is 33.8 Å². The third kappa shape index (κ3) is 4.36. The highest BCUT2D eigenvalue weighted by atomic mass is 32.2. The molecule has 6 nitrogen and oxygen atoms in total. The van der Waals surface area contributed by atoms with Gasteiger partial charge in [-0.25, -0.2) is 13.1 Å². The van der Waals surface area contributed by atoms with Crippen molar-refractivity contribution in [2.24, 2.45) is 0 Å². The summed E-state index contributed by atoms with van der Waals surface area (Å²) in [7, 11) is -2.23. The van der Waals surface area contributed by atoms with Gasteiger partial charge in [0.15, 0.2) is 0 Å². The quantitative estimate of drug-likeness (QED) is 0.492. The van der Waals surface area contributed by atoms with Crippen molar-refractivity contribution >= 4 is 15.7 Å². The topological polar surface area (TPSA) is 102 Å². The molecule has 20 heavy (non-hydrogen) atoms. The minimum atomic E-state index is -3.65. The molecule has 1 rings (SSSR count). The molecule has 0 heterocycles. The van der Waals surface area contributed by atoms with Crippen molar-refractivity contribution in [2.45, 2.75) is 31.1 Å². The number of ether oxygens (including phenoxy) is 1. The summed E-state index contributed by atoms with van der Waals surface area (Å²) < 4.78 is 32.0. The first kappa shape index (κ1) is 16.7. The molecule has 0 aliphatic rings. The van der Waals surface area contributed by atoms with Crippen LogP contribution in [0.1, 0.15) is 24.8 Å². The standard InChI is InChI=1S/C13H22N2O4S/c1-10-8-12(19-2)13(9-11(10)14)20(17,18)15-6-4-3-5-7-16/h8-9,15-16H,3-7,14H2,1-2H3. The van der Waals surface area contributed by atoms with E-state index in [-0.39, 0.29) is 17.3 Å². The summed E-state index contributed by atoms with van der Waals surface area (Å²) in [5, 5.41) is 8.66. The number of methoxy groups -OCH3 is 1. The van der Waals surface area contributed by atoms with E-state index in [1.165, 1.54) is 13.2 Å². The number of nitrogens with one attached hydrogen (secondary N) is 1. The molecule has 1 aromatic carbocycles. The maximum Gasteiger partial charge on any atom is 0.244 e. The Balaban J connectivity index is 2.84. The fourth-order valence-corrected chi connectivity index (χ4v) is 3.00. The van der Waals surface area contributed by atoms with E-state index in [0.717, 1.165) is 12.0 Å². The Kier molecular flexibility index (Phi) is 6.25. The number of aliphatic hydroxyl groups excluding tert-OH is 1. The maximum atomic E-state index is 12.2. The van der Waals surface area contributed by atoms with Gasteiger partial charge in [-0.3, -0.25) is 0 Å². The molecular formula is C13H22N2O4S. The summed E-state index contributed by atoms with van der Waals surface area (Å²) in [4.78, 5) is 0.0465. The summed E-state index contributed by atoms with van der Waals surface area (Å²) in [6.45, 7) is 2.23. The zero-order valence-electron chi connectivity index (χ0n) is 11.8. The number of aliphatic hydroxyl groups is 1. The van der Waals surface area contributed by atoms with Gasteiger partial charge >= 0.3 is 0 Å². The number of benzene rings is 1. The summed E-state index contributed by atoms with van der Waals surface area (Å²) in [5.41, 5.74) is 6.94. The van der Waals surface area contributed by atoms with Gasteiger partial charge in [-0.05, 0) is 43.9 Å². The van der Waals surface area contributed by atoms with Crippen LogP contribution in [0.3, 0.4) is 0 Å². The first-order valence-corrected chi connectivity index (χ1v) is 7.95. The molecule has 7 heteroatoms. The summed E-state index contributed by atoms with van der Waals surface area (Å²) in [6.07, 6.45) is 2.11. The Morgan fingerprint density at radius 2 is 2.00 bits per heavy atom. The number of nitrogen functional groups attached to an aromatic ring is 1. The summed E-state index contributed by atoms with van der Waals surface area (Å²) in [6, 6.07) is 3.01. The molecule has 0 saturated carbocycles. The fraction of sp³-hybridized carbons (Fsp3) is 0.538. The van der Waals surface area contributed by atoms with Gasteiger partial charge in [-0.1, -0.05) is 0 Å². The Bertz CT molecular complexity index is 544. The molecule has 0 saturated heterocycles. The second-order valence-corrected chi connectivity index (χ2v) is 6.28. The van der Waals surface area contributed by atoms with Crippen molar-refractivity contribution in [3.63, 3.8) is 0 Å². The molecule has 114 valence electrons. The molecular weight excluding hydrogens is 280 g/mol. The van der Waals surface area contributed by atoms with Crippen LogP contribution in [0.2, 0.25) is 0 Å². The lowest BCUT2D eigenvalue weighted by Gasteiger charge is -2.13. The molecule has 1 aromatic rings. The predicted molar refractivity (Wildman–Crippen MR) is 78.3 cm³/mol. The number of unbranched alkanes of at least 4 members (excludes halogenated alkanes) is 2. The second kappa shape index (κ2) is 7.47. The van der Waals surface area contributed by atoms with Crippen LogP contribution in [0.5, 0.6) is 5.75 Å². The lowest BCUT2D eigenvalue weighted by Crippen LogP contribution is -2.25. The molecule has 0 aliphatic carbocycles. The number of nitrogens with two attached hydrogens (primary N) is 1. The lowest BCUT2D eigenvalue weighted by atomic mass is 10.2. The average Bonchev–Trinajstić information content (AvgIpc) is 2.41. The van der Waals surface area contributed by atoms with Gasteiger partial charge in [0.1, 0.15) is 10.6 Å². The van der Waals surface area contributed by atoms with Gasteiger partial charge in [0.2, 0.25) is 10.0 Å². The second-order valence-electron chi connectivity index (χ2n) is 4.54. The summed E-state index contributed by atoms with van der Waals surface area (Å²) in [5.74, 6) is 0.277. The molecule has 0 unspecified atom stereocenters. The molecule has 0 spiro atoms. The molecule has 0 amide bonds. The fourth-order valence-electron chi connectivity index (χ4n) is 1.74. The number of aryl methyl sites for hydroxylation is 1. The van der Waals surface area contributed by atoms with Gasteiger partial charge in [0.05, 0.1) is 7.11 Å². The van der Waals surface area contributed by atoms with Crippen LogP contribution in [0.15, 0.2) is 17.0 Å². The van der Waals surface area contributed by atoms with Gasteiger partial charge in [-0.15, -0.1) is 0 Å². The van der Waals surface area contributed by atoms with Crippen molar-refractivity contribution in [3.8, 4) is 5.75 Å². The van der Waals surface area contributed by atoms with E-state index in [4.69, 9.17) is 15.6 Å². The number of anilines is 1. The van der Waals surface area contributed by atoms with Crippen molar-refractivity contribution in [2.75, 3.05) is 26.0 Å². The van der Waals surface area contributed by atoms with Crippen molar-refractivity contribution in [1.82, 2.24) is 4.72 Å². The minimum absolute atomic E-state index is 0.0465. The van der Waals surface area contributed by atoms with Crippen LogP contribution in [-0.2, 0) is 10.0 Å². The molecule has 0 radical (unpaired) electrons. The highest BCUT2D eigenvalue weighted by Crippen LogP contribution is 2.28. The molecule has 0 bridgehead atoms. The Hall–Kier alpha value is -1.31. The lowest BCUT2D eigenvalue weighted by molar-refractivity contribution is 0.283. The third-order valence-electron chi connectivity index (χ3n) is 2.97. The molecule has 0 aromatic heterocycles. The molecule has 4 N–H and O–H groups in total. The van der Waals surface area contributed by atoms with Crippen LogP contribution in [0, 0.1) is 6.92 Å². The zero-order valence-corrected chi connectivity index (χ0v) is 12.7. The van der Waals surface area contributed by atoms with Crippen LogP contribution < -0.4 is 15.2 Å². The predicted octanol–water partition coefficient (Wildman–Crippen LogP) is 1.03. The maximum absolute atomic E-state index is 12.2. The van der Waals surface area contributed by atoms with E-state index in [1.807, 2.05) is 0 Å². The highest BCUT2D eigenvalue weighted by Gasteiger charge is 2.20. The largest absolute Gasteiger partial charge is 0.495 e. The Morgan fingerprint density at radius 3 is 2.60 bits per heavy atom. The number of rotatable bonds is 8. The van der Waals surface area contributed by atoms with Gasteiger partial charge in [-0.2, -0.15) is 0 Å². The first-order valence-electron chi connectivity index (χ1n) is 6.47. The number of hydrogen-bond donors (Lipinski definition) is 3. The van der Waals surface area contributed by atoms with Crippen LogP contribution in [0.25, 0.3) is 0 Å². The zero-order chi connectivity index (χ0) is 15.2. The number of hydrogen-bond acceptors (Lipinski definition) is 5. The van der Waals surface area contributed by atoms with Gasteiger partial charge < -0.3 is 15.6 Å². The molecule has 0 atom stereocenters. The van der Waals surface area contributed by atoms with Gasteiger partial charge in [0.25, 0.3) is 0 Å². The Labute approximate surface area is 120 Å². The molecule has 0 aliphatic heterocycles. The van der Waals surface area contributed by atoms with E-state index in [9.17, 15) is 8.42 Å².